The number of aryl methyl sites for hydroxylation is 3. The molecule has 0 aliphatic heterocycles. The highest BCUT2D eigenvalue weighted by Crippen LogP contribution is 2.36. The summed E-state index contributed by atoms with van der Waals surface area (Å²) < 4.78 is 0. The van der Waals surface area contributed by atoms with Gasteiger partial charge in [0.25, 0.3) is 0 Å². The highest BCUT2D eigenvalue weighted by molar-refractivity contribution is 5.78. The van der Waals surface area contributed by atoms with Gasteiger partial charge in [0.1, 0.15) is 5.82 Å². The molecule has 0 radical (unpaired) electrons. The molecule has 0 spiro atoms. The topological polar surface area (TPSA) is 19.4 Å². The van der Waals surface area contributed by atoms with Gasteiger partial charge in [-0.25, -0.2) is 4.98 Å². The zero-order chi connectivity index (χ0) is 25.1. The van der Waals surface area contributed by atoms with Crippen molar-refractivity contribution in [3.05, 3.63) is 132 Å². The van der Waals surface area contributed by atoms with Gasteiger partial charge in [-0.3, -0.25) is 0 Å². The third-order valence-electron chi connectivity index (χ3n) is 6.56. The van der Waals surface area contributed by atoms with Crippen molar-refractivity contribution in [2.75, 3.05) is 16.8 Å². The van der Waals surface area contributed by atoms with Gasteiger partial charge in [0.15, 0.2) is 0 Å². The summed E-state index contributed by atoms with van der Waals surface area (Å²) in [7, 11) is 2.05. The Kier molecular flexibility index (Phi) is 6.55. The van der Waals surface area contributed by atoms with Crippen molar-refractivity contribution in [2.24, 2.45) is 0 Å². The Labute approximate surface area is 214 Å². The summed E-state index contributed by atoms with van der Waals surface area (Å²) in [5, 5.41) is 0. The number of hydrogen-bond donors (Lipinski definition) is 0. The van der Waals surface area contributed by atoms with Crippen LogP contribution in [0.25, 0.3) is 11.1 Å². The van der Waals surface area contributed by atoms with Crippen LogP contribution in [0.5, 0.6) is 0 Å². The predicted octanol–water partition coefficient (Wildman–Crippen LogP) is 8.91. The number of rotatable bonds is 6. The lowest BCUT2D eigenvalue weighted by atomic mass is 10.0. The third-order valence-corrected chi connectivity index (χ3v) is 6.56. The van der Waals surface area contributed by atoms with E-state index in [2.05, 4.69) is 140 Å². The summed E-state index contributed by atoms with van der Waals surface area (Å²) in [6.45, 7) is 6.33. The lowest BCUT2D eigenvalue weighted by Crippen LogP contribution is -2.13. The van der Waals surface area contributed by atoms with Crippen molar-refractivity contribution in [3.63, 3.8) is 0 Å². The van der Waals surface area contributed by atoms with E-state index >= 15 is 0 Å². The van der Waals surface area contributed by atoms with Gasteiger partial charge in [-0.15, -0.1) is 0 Å². The summed E-state index contributed by atoms with van der Waals surface area (Å²) in [4.78, 5) is 9.18. The SMILES string of the molecule is Cc1ccc(-c2ccc(N(c3ccc(C)cc3)c3ccc(N(C)c4ccc(C)cc4)nc3)cc2)cc1. The fourth-order valence-corrected chi connectivity index (χ4v) is 4.30. The molecule has 5 aromatic rings. The molecule has 5 rings (SSSR count). The van der Waals surface area contributed by atoms with Crippen LogP contribution in [0.3, 0.4) is 0 Å². The average Bonchev–Trinajstić information content (AvgIpc) is 2.91. The number of benzene rings is 4. The molecule has 0 fully saturated rings. The quantitative estimate of drug-likeness (QED) is 0.247. The summed E-state index contributed by atoms with van der Waals surface area (Å²) >= 11 is 0. The second-order valence-electron chi connectivity index (χ2n) is 9.35. The molecular weight excluding hydrogens is 438 g/mol. The maximum Gasteiger partial charge on any atom is 0.132 e. The first-order valence-electron chi connectivity index (χ1n) is 12.3. The number of pyridine rings is 1. The van der Waals surface area contributed by atoms with Gasteiger partial charge in [0.05, 0.1) is 11.9 Å². The van der Waals surface area contributed by atoms with Gasteiger partial charge in [0.2, 0.25) is 0 Å². The summed E-state index contributed by atoms with van der Waals surface area (Å²) in [5.74, 6) is 0.904. The molecule has 0 unspecified atom stereocenters. The van der Waals surface area contributed by atoms with Crippen molar-refractivity contribution >= 4 is 28.6 Å². The van der Waals surface area contributed by atoms with Gasteiger partial charge in [0, 0.05) is 24.1 Å². The monoisotopic (exact) mass is 469 g/mol. The average molecular weight is 470 g/mol. The Balaban J connectivity index is 1.48. The van der Waals surface area contributed by atoms with E-state index in [1.807, 2.05) is 13.2 Å². The van der Waals surface area contributed by atoms with E-state index in [0.717, 1.165) is 28.6 Å². The fraction of sp³-hybridized carbons (Fsp3) is 0.121. The van der Waals surface area contributed by atoms with Crippen LogP contribution < -0.4 is 9.80 Å². The normalized spacial score (nSPS) is 10.8. The van der Waals surface area contributed by atoms with Crippen LogP contribution in [0.15, 0.2) is 115 Å². The molecule has 0 aliphatic rings. The van der Waals surface area contributed by atoms with E-state index in [-0.39, 0.29) is 0 Å². The van der Waals surface area contributed by atoms with Crippen LogP contribution in [0, 0.1) is 20.8 Å². The molecule has 0 aliphatic carbocycles. The molecule has 0 N–H and O–H groups in total. The van der Waals surface area contributed by atoms with E-state index in [0.29, 0.717) is 0 Å². The Hall–Kier alpha value is -4.37. The summed E-state index contributed by atoms with van der Waals surface area (Å²) in [6, 6.07) is 38.7. The lowest BCUT2D eigenvalue weighted by Gasteiger charge is -2.26. The molecule has 0 saturated carbocycles. The third kappa shape index (κ3) is 5.01. The maximum atomic E-state index is 4.82. The molecule has 3 heteroatoms. The molecule has 0 bridgehead atoms. The molecule has 178 valence electrons. The van der Waals surface area contributed by atoms with Crippen molar-refractivity contribution in [1.82, 2.24) is 4.98 Å². The minimum Gasteiger partial charge on any atom is -0.329 e. The molecule has 3 nitrogen and oxygen atoms in total. The number of nitrogens with zero attached hydrogens (tertiary/aromatic N) is 3. The van der Waals surface area contributed by atoms with Gasteiger partial charge in [-0.05, 0) is 80.4 Å². The van der Waals surface area contributed by atoms with Crippen LogP contribution in [0.4, 0.5) is 28.6 Å². The van der Waals surface area contributed by atoms with E-state index in [1.54, 1.807) is 0 Å². The smallest absolute Gasteiger partial charge is 0.132 e. The van der Waals surface area contributed by atoms with E-state index in [9.17, 15) is 0 Å². The highest BCUT2D eigenvalue weighted by atomic mass is 15.2. The standard InChI is InChI=1S/C33H31N3/c1-24-5-11-27(12-6-24)28-13-19-31(20-14-28)36(30-17-9-26(3)10-18-30)32-21-22-33(34-23-32)35(4)29-15-7-25(2)8-16-29/h5-23H,1-4H3. The second kappa shape index (κ2) is 10.1. The van der Waals surface area contributed by atoms with Crippen molar-refractivity contribution in [1.29, 1.82) is 0 Å². The summed E-state index contributed by atoms with van der Waals surface area (Å²) in [5.41, 5.74) is 10.5. The van der Waals surface area contributed by atoms with Crippen LogP contribution >= 0.6 is 0 Å². The Morgan fingerprint density at radius 3 is 1.31 bits per heavy atom. The molecule has 0 saturated heterocycles. The van der Waals surface area contributed by atoms with Crippen LogP contribution in [-0.4, -0.2) is 12.0 Å². The second-order valence-corrected chi connectivity index (χ2v) is 9.35. The van der Waals surface area contributed by atoms with Crippen molar-refractivity contribution < 1.29 is 0 Å². The molecule has 4 aromatic carbocycles. The van der Waals surface area contributed by atoms with Gasteiger partial charge < -0.3 is 9.80 Å². The zero-order valence-corrected chi connectivity index (χ0v) is 21.3. The van der Waals surface area contributed by atoms with Gasteiger partial charge in [-0.1, -0.05) is 77.4 Å². The Bertz CT molecular complexity index is 1420. The van der Waals surface area contributed by atoms with E-state index in [1.165, 1.54) is 27.8 Å². The minimum atomic E-state index is 0.904. The maximum absolute atomic E-state index is 4.82. The van der Waals surface area contributed by atoms with Crippen LogP contribution in [-0.2, 0) is 0 Å². The summed E-state index contributed by atoms with van der Waals surface area (Å²) in [6.07, 6.45) is 1.95. The van der Waals surface area contributed by atoms with Crippen molar-refractivity contribution in [2.45, 2.75) is 20.8 Å². The molecular formula is C33H31N3. The van der Waals surface area contributed by atoms with Gasteiger partial charge >= 0.3 is 0 Å². The van der Waals surface area contributed by atoms with Gasteiger partial charge in [-0.2, -0.15) is 0 Å². The molecule has 0 atom stereocenters. The minimum absolute atomic E-state index is 0.904. The Morgan fingerprint density at radius 2 is 0.833 bits per heavy atom. The lowest BCUT2D eigenvalue weighted by molar-refractivity contribution is 1.12. The number of hydrogen-bond acceptors (Lipinski definition) is 3. The first kappa shape index (κ1) is 23.4. The zero-order valence-electron chi connectivity index (χ0n) is 21.3. The predicted molar refractivity (Wildman–Crippen MR) is 153 cm³/mol. The first-order chi connectivity index (χ1) is 17.5. The molecule has 36 heavy (non-hydrogen) atoms. The first-order valence-corrected chi connectivity index (χ1v) is 12.3. The Morgan fingerprint density at radius 1 is 0.444 bits per heavy atom. The largest absolute Gasteiger partial charge is 0.329 e. The fourth-order valence-electron chi connectivity index (χ4n) is 4.30. The highest BCUT2D eigenvalue weighted by Gasteiger charge is 2.14. The van der Waals surface area contributed by atoms with E-state index < -0.39 is 0 Å². The number of anilines is 5. The van der Waals surface area contributed by atoms with Crippen molar-refractivity contribution in [3.8, 4) is 11.1 Å². The molecule has 0 amide bonds. The van der Waals surface area contributed by atoms with Crippen LogP contribution in [0.1, 0.15) is 16.7 Å². The van der Waals surface area contributed by atoms with E-state index in [4.69, 9.17) is 4.98 Å². The molecule has 1 aromatic heterocycles. The number of aromatic nitrogens is 1. The molecule has 1 heterocycles. The van der Waals surface area contributed by atoms with Crippen LogP contribution in [0.2, 0.25) is 0 Å².